The molecule has 1 aliphatic heterocycles. The molecule has 0 radical (unpaired) electrons. The van der Waals surface area contributed by atoms with Gasteiger partial charge in [0.05, 0.1) is 23.2 Å². The Morgan fingerprint density at radius 3 is 2.09 bits per heavy atom. The molecule has 9 heteroatoms. The molecule has 1 aromatic carbocycles. The van der Waals surface area contributed by atoms with Crippen LogP contribution in [-0.2, 0) is 9.47 Å². The lowest BCUT2D eigenvalue weighted by Gasteiger charge is -2.33. The van der Waals surface area contributed by atoms with Crippen molar-refractivity contribution >= 4 is 11.8 Å². The normalized spacial score (nSPS) is 22.8. The fourth-order valence-corrected chi connectivity index (χ4v) is 3.14. The fraction of sp³-hybridized carbons (Fsp3) is 0.609. The Morgan fingerprint density at radius 2 is 1.72 bits per heavy atom. The van der Waals surface area contributed by atoms with Gasteiger partial charge in [0.1, 0.15) is 5.75 Å². The smallest absolute Gasteiger partial charge is 0.449 e. The number of non-ortho nitro benzene ring substituents is 1. The Balaban J connectivity index is 0.000000470. The number of aliphatic hydroxyl groups excluding tert-OH is 1. The van der Waals surface area contributed by atoms with Crippen molar-refractivity contribution in [2.45, 2.75) is 65.1 Å². The van der Waals surface area contributed by atoms with E-state index in [2.05, 4.69) is 31.6 Å². The number of methoxy groups -OCH3 is 1. The molecule has 0 aromatic heterocycles. The number of epoxide rings is 1. The van der Waals surface area contributed by atoms with Gasteiger partial charge in [-0.05, 0) is 52.7 Å². The summed E-state index contributed by atoms with van der Waals surface area (Å²) < 4.78 is 15.2. The van der Waals surface area contributed by atoms with Crippen molar-refractivity contribution < 1.29 is 34.1 Å². The van der Waals surface area contributed by atoms with Gasteiger partial charge >= 0.3 is 6.16 Å². The summed E-state index contributed by atoms with van der Waals surface area (Å²) in [4.78, 5) is 19.6. The highest BCUT2D eigenvalue weighted by molar-refractivity contribution is 5.61. The SMILES string of the molecule is CC=C(C)C.CO.COC1CCCCC1[C@]1(C)CO1.O=C(O)Oc1ccc([N+](=O)[O-])cc1. The Morgan fingerprint density at radius 1 is 1.22 bits per heavy atom. The first kappa shape index (κ1) is 29.5. The second-order valence-electron chi connectivity index (χ2n) is 7.75. The number of nitrogens with zero attached hydrogens (tertiary/aromatic N) is 1. The number of nitro groups is 1. The van der Waals surface area contributed by atoms with E-state index in [4.69, 9.17) is 19.7 Å². The molecule has 3 rings (SSSR count). The highest BCUT2D eigenvalue weighted by Gasteiger charge is 2.50. The second-order valence-corrected chi connectivity index (χ2v) is 7.75. The Bertz CT molecular complexity index is 709. The van der Waals surface area contributed by atoms with E-state index in [1.54, 1.807) is 0 Å². The molecule has 0 amide bonds. The summed E-state index contributed by atoms with van der Waals surface area (Å²) in [7, 11) is 2.83. The van der Waals surface area contributed by atoms with Crippen LogP contribution < -0.4 is 4.74 Å². The molecule has 3 atom stereocenters. The van der Waals surface area contributed by atoms with E-state index >= 15 is 0 Å². The maximum atomic E-state index is 10.2. The Hall–Kier alpha value is -2.49. The van der Waals surface area contributed by atoms with Crippen LogP contribution >= 0.6 is 0 Å². The van der Waals surface area contributed by atoms with E-state index in [9.17, 15) is 14.9 Å². The maximum absolute atomic E-state index is 10.2. The summed E-state index contributed by atoms with van der Waals surface area (Å²) >= 11 is 0. The van der Waals surface area contributed by atoms with Gasteiger partial charge in [0.25, 0.3) is 5.69 Å². The van der Waals surface area contributed by atoms with Gasteiger partial charge in [-0.3, -0.25) is 10.1 Å². The van der Waals surface area contributed by atoms with Gasteiger partial charge in [0, 0.05) is 32.3 Å². The van der Waals surface area contributed by atoms with Crippen molar-refractivity contribution in [3.8, 4) is 5.75 Å². The van der Waals surface area contributed by atoms with Gasteiger partial charge in [0.15, 0.2) is 0 Å². The van der Waals surface area contributed by atoms with Crippen LogP contribution in [-0.4, -0.2) is 53.8 Å². The summed E-state index contributed by atoms with van der Waals surface area (Å²) in [6, 6.07) is 4.76. The lowest BCUT2D eigenvalue weighted by molar-refractivity contribution is -0.384. The highest BCUT2D eigenvalue weighted by Crippen LogP contribution is 2.43. The molecule has 32 heavy (non-hydrogen) atoms. The minimum Gasteiger partial charge on any atom is -0.449 e. The fourth-order valence-electron chi connectivity index (χ4n) is 3.14. The van der Waals surface area contributed by atoms with Crippen molar-refractivity contribution in [3.63, 3.8) is 0 Å². The van der Waals surface area contributed by atoms with Crippen molar-refractivity contribution in [1.29, 1.82) is 0 Å². The Labute approximate surface area is 190 Å². The highest BCUT2D eigenvalue weighted by atomic mass is 16.7. The number of carbonyl (C=O) groups is 1. The number of benzene rings is 1. The van der Waals surface area contributed by atoms with Crippen LogP contribution in [0.4, 0.5) is 10.5 Å². The third-order valence-electron chi connectivity index (χ3n) is 5.22. The molecular formula is C23H37NO8. The minimum atomic E-state index is -1.45. The predicted molar refractivity (Wildman–Crippen MR) is 122 cm³/mol. The van der Waals surface area contributed by atoms with E-state index in [1.807, 2.05) is 14.0 Å². The molecule has 182 valence electrons. The number of aliphatic hydroxyl groups is 1. The minimum absolute atomic E-state index is 0.0538. The average Bonchev–Trinajstić information content (AvgIpc) is 3.54. The zero-order valence-corrected chi connectivity index (χ0v) is 19.9. The number of nitro benzene ring substituents is 1. The van der Waals surface area contributed by atoms with Gasteiger partial charge in [-0.2, -0.15) is 0 Å². The predicted octanol–water partition coefficient (Wildman–Crippen LogP) is 5.21. The van der Waals surface area contributed by atoms with Crippen molar-refractivity contribution in [1.82, 2.24) is 0 Å². The molecule has 2 fully saturated rings. The van der Waals surface area contributed by atoms with E-state index in [0.717, 1.165) is 25.8 Å². The van der Waals surface area contributed by atoms with Crippen LogP contribution in [0.15, 0.2) is 35.9 Å². The number of rotatable bonds is 4. The largest absolute Gasteiger partial charge is 0.511 e. The lowest BCUT2D eigenvalue weighted by atomic mass is 9.78. The number of hydrogen-bond donors (Lipinski definition) is 2. The average molecular weight is 456 g/mol. The lowest BCUT2D eigenvalue weighted by Crippen LogP contribution is -2.36. The molecule has 1 heterocycles. The van der Waals surface area contributed by atoms with E-state index in [0.29, 0.717) is 12.0 Å². The maximum Gasteiger partial charge on any atom is 0.511 e. The summed E-state index contributed by atoms with van der Waals surface area (Å²) in [5.41, 5.74) is 1.43. The number of allylic oxidation sites excluding steroid dienone is 2. The molecule has 2 aliphatic rings. The van der Waals surface area contributed by atoms with Crippen molar-refractivity contribution in [2.75, 3.05) is 20.8 Å². The van der Waals surface area contributed by atoms with Gasteiger partial charge in [-0.1, -0.05) is 24.5 Å². The summed E-state index contributed by atoms with van der Waals surface area (Å²) in [5, 5.41) is 25.4. The molecule has 0 bridgehead atoms. The van der Waals surface area contributed by atoms with Crippen LogP contribution in [0.25, 0.3) is 0 Å². The van der Waals surface area contributed by atoms with Gasteiger partial charge in [0.2, 0.25) is 0 Å². The van der Waals surface area contributed by atoms with Crippen LogP contribution in [0.1, 0.15) is 53.4 Å². The zero-order chi connectivity index (χ0) is 24.7. The van der Waals surface area contributed by atoms with E-state index in [-0.39, 0.29) is 17.0 Å². The van der Waals surface area contributed by atoms with Crippen LogP contribution in [0.3, 0.4) is 0 Å². The topological polar surface area (TPSA) is 132 Å². The van der Waals surface area contributed by atoms with Crippen LogP contribution in [0.5, 0.6) is 5.75 Å². The van der Waals surface area contributed by atoms with Gasteiger partial charge < -0.3 is 24.4 Å². The van der Waals surface area contributed by atoms with Crippen molar-refractivity contribution in [2.24, 2.45) is 5.92 Å². The number of carboxylic acid groups (broad SMARTS) is 1. The monoisotopic (exact) mass is 455 g/mol. The molecule has 1 saturated heterocycles. The molecule has 9 nitrogen and oxygen atoms in total. The standard InChI is InChI=1S/C10H18O2.C7H5NO5.C5H10.CH4O/c1-10(7-12-10)8-5-3-4-6-9(8)11-2;9-7(10)13-6-3-1-5(2-4-6)8(11)12;1-4-5(2)3;1-2/h8-9H,3-7H2,1-2H3;1-4H,(H,9,10);4H,1-3H3;2H,1H3/t8?,9?,10-;;;/m0.../s1. The molecular weight excluding hydrogens is 418 g/mol. The number of ether oxygens (including phenoxy) is 3. The molecule has 1 saturated carbocycles. The van der Waals surface area contributed by atoms with Crippen LogP contribution in [0.2, 0.25) is 0 Å². The summed E-state index contributed by atoms with van der Waals surface area (Å²) in [5.74, 6) is 0.703. The first-order valence-corrected chi connectivity index (χ1v) is 10.5. The molecule has 2 N–H and O–H groups in total. The Kier molecular flexibility index (Phi) is 14.1. The second kappa shape index (κ2) is 15.3. The van der Waals surface area contributed by atoms with E-state index in [1.165, 1.54) is 43.4 Å². The van der Waals surface area contributed by atoms with Gasteiger partial charge in [-0.25, -0.2) is 4.79 Å². The van der Waals surface area contributed by atoms with E-state index < -0.39 is 11.1 Å². The van der Waals surface area contributed by atoms with Crippen molar-refractivity contribution in [3.05, 3.63) is 46.0 Å². The summed E-state index contributed by atoms with van der Waals surface area (Å²) in [6.07, 6.45) is 6.27. The quantitative estimate of drug-likeness (QED) is 0.158. The molecule has 1 aromatic rings. The first-order valence-electron chi connectivity index (χ1n) is 10.5. The summed E-state index contributed by atoms with van der Waals surface area (Å²) in [6.45, 7) is 9.36. The molecule has 1 aliphatic carbocycles. The third kappa shape index (κ3) is 11.2. The molecule has 2 unspecified atom stereocenters. The van der Waals surface area contributed by atoms with Crippen LogP contribution in [0, 0.1) is 16.0 Å². The third-order valence-corrected chi connectivity index (χ3v) is 5.22. The van der Waals surface area contributed by atoms with Gasteiger partial charge in [-0.15, -0.1) is 0 Å². The zero-order valence-electron chi connectivity index (χ0n) is 19.9. The number of hydrogen-bond acceptors (Lipinski definition) is 7. The first-order chi connectivity index (χ1) is 15.1. The molecule has 0 spiro atoms.